The molecule has 2 atom stereocenters. The van der Waals surface area contributed by atoms with Crippen molar-refractivity contribution < 1.29 is 9.53 Å². The molecule has 0 bridgehead atoms. The summed E-state index contributed by atoms with van der Waals surface area (Å²) in [6.45, 7) is 2.87. The molecule has 31 heavy (non-hydrogen) atoms. The number of piperidine rings is 1. The molecule has 0 unspecified atom stereocenters. The number of benzene rings is 1. The van der Waals surface area contributed by atoms with Crippen LogP contribution in [0.15, 0.2) is 36.5 Å². The van der Waals surface area contributed by atoms with Gasteiger partial charge in [0.15, 0.2) is 0 Å². The summed E-state index contributed by atoms with van der Waals surface area (Å²) < 4.78 is 6.23. The summed E-state index contributed by atoms with van der Waals surface area (Å²) in [5.41, 5.74) is 8.68. The smallest absolute Gasteiger partial charge is 0.240 e. The Morgan fingerprint density at radius 1 is 1.19 bits per heavy atom. The zero-order valence-electron chi connectivity index (χ0n) is 17.3. The number of likely N-dealkylation sites (tertiary alicyclic amines) is 1. The van der Waals surface area contributed by atoms with Gasteiger partial charge in [-0.25, -0.2) is 9.97 Å². The third-order valence-electron chi connectivity index (χ3n) is 6.66. The van der Waals surface area contributed by atoms with E-state index in [1.54, 1.807) is 0 Å². The van der Waals surface area contributed by atoms with Crippen LogP contribution in [0.4, 0.5) is 5.95 Å². The number of nitrogens with zero attached hydrogens (tertiary/aromatic N) is 3. The number of aromatic nitrogens is 2. The Morgan fingerprint density at radius 3 is 2.68 bits per heavy atom. The fraction of sp³-hybridized carbons (Fsp3) is 0.500. The molecule has 1 aromatic heterocycles. The van der Waals surface area contributed by atoms with Crippen LogP contribution in [0.3, 0.4) is 0 Å². The minimum atomic E-state index is -0.441. The van der Waals surface area contributed by atoms with Gasteiger partial charge >= 0.3 is 0 Å². The lowest BCUT2D eigenvalue weighted by atomic mass is 9.82. The average molecular weight is 466 g/mol. The number of fused-ring (bicyclic) bond motifs is 2. The van der Waals surface area contributed by atoms with Crippen molar-refractivity contribution in [1.82, 2.24) is 20.2 Å². The molecule has 3 aliphatic rings. The second-order valence-corrected chi connectivity index (χ2v) is 8.26. The molecule has 168 valence electrons. The number of nitrogens with two attached hydrogens (primary N) is 1. The van der Waals surface area contributed by atoms with Crippen LogP contribution in [0.5, 0.6) is 0 Å². The number of hydrogen-bond acceptors (Lipinski definition) is 6. The molecule has 2 fully saturated rings. The van der Waals surface area contributed by atoms with E-state index >= 15 is 0 Å². The lowest BCUT2D eigenvalue weighted by Gasteiger charge is -2.44. The Bertz CT molecular complexity index is 906. The highest BCUT2D eigenvalue weighted by atomic mass is 35.5. The second-order valence-electron chi connectivity index (χ2n) is 8.26. The van der Waals surface area contributed by atoms with E-state index in [1.807, 2.05) is 29.3 Å². The van der Waals surface area contributed by atoms with E-state index in [2.05, 4.69) is 27.4 Å². The normalized spacial score (nSPS) is 24.1. The van der Waals surface area contributed by atoms with Crippen molar-refractivity contribution in [1.29, 1.82) is 0 Å². The highest BCUT2D eigenvalue weighted by Gasteiger charge is 2.45. The van der Waals surface area contributed by atoms with Gasteiger partial charge in [-0.05, 0) is 43.4 Å². The van der Waals surface area contributed by atoms with Crippen LogP contribution in [0.25, 0.3) is 0 Å². The number of halogens is 2. The van der Waals surface area contributed by atoms with Crippen molar-refractivity contribution in [3.05, 3.63) is 53.3 Å². The van der Waals surface area contributed by atoms with Gasteiger partial charge in [-0.2, -0.15) is 0 Å². The first-order chi connectivity index (χ1) is 14.2. The predicted octanol–water partition coefficient (Wildman–Crippen LogP) is 2.44. The highest BCUT2D eigenvalue weighted by molar-refractivity contribution is 5.85. The van der Waals surface area contributed by atoms with E-state index in [0.29, 0.717) is 19.7 Å². The van der Waals surface area contributed by atoms with Gasteiger partial charge in [0.05, 0.1) is 18.3 Å². The molecule has 3 N–H and O–H groups in total. The number of rotatable bonds is 2. The molecule has 1 amide bonds. The quantitative estimate of drug-likeness (QED) is 0.707. The molecule has 0 saturated carbocycles. The summed E-state index contributed by atoms with van der Waals surface area (Å²) in [6.07, 6.45) is 5.11. The highest BCUT2D eigenvalue weighted by Crippen LogP contribution is 2.41. The zero-order chi connectivity index (χ0) is 19.8. The van der Waals surface area contributed by atoms with Crippen LogP contribution in [0.1, 0.15) is 42.0 Å². The monoisotopic (exact) mass is 465 g/mol. The van der Waals surface area contributed by atoms with Crippen LogP contribution in [0, 0.1) is 0 Å². The van der Waals surface area contributed by atoms with Gasteiger partial charge in [0.2, 0.25) is 11.9 Å². The molecule has 3 aliphatic heterocycles. The molecule has 5 rings (SSSR count). The fourth-order valence-corrected chi connectivity index (χ4v) is 5.11. The van der Waals surface area contributed by atoms with E-state index in [9.17, 15) is 4.79 Å². The summed E-state index contributed by atoms with van der Waals surface area (Å²) in [5, 5.41) is 3.44. The first kappa shape index (κ1) is 23.7. The van der Waals surface area contributed by atoms with E-state index in [0.717, 1.165) is 43.5 Å². The first-order valence-electron chi connectivity index (χ1n) is 10.5. The standard InChI is InChI=1S/C22H27N5O2.2ClH/c23-21-25-14-16-7-13-29-22(19(16)26-21)8-11-27(12-9-22)20(28)18-17(6-10-24-18)15-4-2-1-3-5-15;;/h1-5,14,17-18,24H,6-13H2,(H2,23,25,26);2*1H/t17-,18+;;/m1../s1. The Labute approximate surface area is 195 Å². The zero-order valence-corrected chi connectivity index (χ0v) is 19.0. The molecule has 9 heteroatoms. The maximum atomic E-state index is 13.3. The van der Waals surface area contributed by atoms with Gasteiger partial charge in [0, 0.05) is 25.2 Å². The Morgan fingerprint density at radius 2 is 1.94 bits per heavy atom. The number of amides is 1. The summed E-state index contributed by atoms with van der Waals surface area (Å²) in [4.78, 5) is 24.0. The molecule has 4 heterocycles. The fourth-order valence-electron chi connectivity index (χ4n) is 5.11. The van der Waals surface area contributed by atoms with Crippen molar-refractivity contribution in [2.45, 2.75) is 43.2 Å². The molecule has 0 radical (unpaired) electrons. The molecule has 1 spiro atoms. The van der Waals surface area contributed by atoms with Gasteiger partial charge in [0.25, 0.3) is 0 Å². The molecular formula is C22H29Cl2N5O2. The first-order valence-corrected chi connectivity index (χ1v) is 10.5. The Hall–Kier alpha value is -1.93. The molecule has 0 aliphatic carbocycles. The second kappa shape index (κ2) is 9.69. The lowest BCUT2D eigenvalue weighted by molar-refractivity contribution is -0.143. The number of nitrogen functional groups attached to an aromatic ring is 1. The third-order valence-corrected chi connectivity index (χ3v) is 6.66. The van der Waals surface area contributed by atoms with Gasteiger partial charge in [-0.15, -0.1) is 24.8 Å². The maximum Gasteiger partial charge on any atom is 0.240 e. The number of carbonyl (C=O) groups is 1. The average Bonchev–Trinajstić information content (AvgIpc) is 3.25. The van der Waals surface area contributed by atoms with Gasteiger partial charge in [0.1, 0.15) is 5.60 Å². The minimum Gasteiger partial charge on any atom is -0.368 e. The minimum absolute atomic E-state index is 0. The number of ether oxygens (including phenoxy) is 1. The van der Waals surface area contributed by atoms with Crippen molar-refractivity contribution in [2.24, 2.45) is 0 Å². The topological polar surface area (TPSA) is 93.4 Å². The number of anilines is 1. The largest absolute Gasteiger partial charge is 0.368 e. The molecular weight excluding hydrogens is 437 g/mol. The predicted molar refractivity (Wildman–Crippen MR) is 124 cm³/mol. The molecule has 2 aromatic rings. The van der Waals surface area contributed by atoms with Crippen molar-refractivity contribution >= 4 is 36.7 Å². The van der Waals surface area contributed by atoms with E-state index in [1.165, 1.54) is 5.56 Å². The molecule has 2 saturated heterocycles. The van der Waals surface area contributed by atoms with Crippen LogP contribution in [0.2, 0.25) is 0 Å². The summed E-state index contributed by atoms with van der Waals surface area (Å²) in [5.74, 6) is 0.719. The van der Waals surface area contributed by atoms with Crippen molar-refractivity contribution in [3.8, 4) is 0 Å². The van der Waals surface area contributed by atoms with Crippen molar-refractivity contribution in [3.63, 3.8) is 0 Å². The SMILES string of the molecule is Cl.Cl.Nc1ncc2c(n1)C1(CCN(C(=O)[C@H]3NCC[C@@H]3c3ccccc3)CC1)OCC2. The van der Waals surface area contributed by atoms with Crippen molar-refractivity contribution in [2.75, 3.05) is 32.0 Å². The number of hydrogen-bond donors (Lipinski definition) is 2. The number of carbonyl (C=O) groups excluding carboxylic acids is 1. The molecule has 1 aromatic carbocycles. The Kier molecular flexibility index (Phi) is 7.42. The molecule has 7 nitrogen and oxygen atoms in total. The van der Waals surface area contributed by atoms with Gasteiger partial charge in [-0.3, -0.25) is 4.79 Å². The van der Waals surface area contributed by atoms with E-state index in [-0.39, 0.29) is 48.6 Å². The van der Waals surface area contributed by atoms with Gasteiger partial charge in [-0.1, -0.05) is 30.3 Å². The van der Waals surface area contributed by atoms with Crippen LogP contribution < -0.4 is 11.1 Å². The summed E-state index contributed by atoms with van der Waals surface area (Å²) in [6, 6.07) is 10.2. The van der Waals surface area contributed by atoms with Crippen LogP contribution in [-0.2, 0) is 21.6 Å². The summed E-state index contributed by atoms with van der Waals surface area (Å²) in [7, 11) is 0. The maximum absolute atomic E-state index is 13.3. The van der Waals surface area contributed by atoms with Crippen LogP contribution in [-0.4, -0.2) is 53.1 Å². The third kappa shape index (κ3) is 4.37. The van der Waals surface area contributed by atoms with Crippen LogP contribution >= 0.6 is 24.8 Å². The van der Waals surface area contributed by atoms with Gasteiger partial charge < -0.3 is 20.7 Å². The lowest BCUT2D eigenvalue weighted by Crippen LogP contribution is -2.53. The number of nitrogens with one attached hydrogen (secondary N) is 1. The summed E-state index contributed by atoms with van der Waals surface area (Å²) >= 11 is 0. The van der Waals surface area contributed by atoms with E-state index < -0.39 is 5.60 Å². The Balaban J connectivity index is 0.00000136. The van der Waals surface area contributed by atoms with E-state index in [4.69, 9.17) is 10.5 Å².